The number of thioether (sulfide) groups is 1. The van der Waals surface area contributed by atoms with E-state index in [0.29, 0.717) is 0 Å². The molecule has 0 saturated heterocycles. The molecule has 3 rings (SSSR count). The smallest absolute Gasteiger partial charge is 0.237 e. The lowest BCUT2D eigenvalue weighted by atomic mass is 10.1. The molecule has 0 aliphatic heterocycles. The molecule has 1 unspecified atom stereocenters. The van der Waals surface area contributed by atoms with E-state index in [-0.39, 0.29) is 11.2 Å². The van der Waals surface area contributed by atoms with Crippen molar-refractivity contribution in [2.24, 2.45) is 0 Å². The molecule has 1 amide bonds. The molecule has 0 saturated carbocycles. The second kappa shape index (κ2) is 7.23. The molecule has 128 valence electrons. The van der Waals surface area contributed by atoms with Gasteiger partial charge in [-0.3, -0.25) is 4.79 Å². The number of anilines is 1. The van der Waals surface area contributed by atoms with E-state index >= 15 is 0 Å². The summed E-state index contributed by atoms with van der Waals surface area (Å²) in [5.41, 5.74) is 5.60. The van der Waals surface area contributed by atoms with Crippen LogP contribution in [0, 0.1) is 20.8 Å². The van der Waals surface area contributed by atoms with Gasteiger partial charge in [-0.1, -0.05) is 36.0 Å². The van der Waals surface area contributed by atoms with Crippen molar-refractivity contribution in [3.05, 3.63) is 59.3 Å². The molecular weight excluding hydrogens is 330 g/mol. The molecule has 0 aliphatic rings. The first-order valence-corrected chi connectivity index (χ1v) is 9.10. The molecule has 5 heteroatoms. The summed E-state index contributed by atoms with van der Waals surface area (Å²) in [5, 5.41) is 3.54. The second-order valence-electron chi connectivity index (χ2n) is 6.17. The normalized spacial score (nSPS) is 12.2. The number of carbonyl (C=O) groups is 1. The van der Waals surface area contributed by atoms with Crippen molar-refractivity contribution >= 4 is 34.4 Å². The Morgan fingerprint density at radius 2 is 1.72 bits per heavy atom. The van der Waals surface area contributed by atoms with E-state index in [1.807, 2.05) is 70.2 Å². The first-order chi connectivity index (χ1) is 11.9. The molecule has 3 aromatic rings. The predicted octanol–water partition coefficient (Wildman–Crippen LogP) is 4.67. The molecule has 2 aromatic carbocycles. The highest BCUT2D eigenvalue weighted by molar-refractivity contribution is 8.00. The number of fused-ring (bicyclic) bond motifs is 1. The highest BCUT2D eigenvalue weighted by Crippen LogP contribution is 2.27. The van der Waals surface area contributed by atoms with Crippen LogP contribution in [0.15, 0.2) is 47.5 Å². The molecule has 0 spiro atoms. The summed E-state index contributed by atoms with van der Waals surface area (Å²) < 4.78 is 0. The molecule has 0 aliphatic carbocycles. The van der Waals surface area contributed by atoms with Crippen LogP contribution in [0.4, 0.5) is 5.69 Å². The number of hydrogen-bond donors (Lipinski definition) is 1. The highest BCUT2D eigenvalue weighted by atomic mass is 32.2. The summed E-state index contributed by atoms with van der Waals surface area (Å²) in [5.74, 6) is -0.0342. The van der Waals surface area contributed by atoms with E-state index in [4.69, 9.17) is 0 Å². The van der Waals surface area contributed by atoms with Crippen LogP contribution in [-0.4, -0.2) is 21.1 Å². The molecule has 1 N–H and O–H groups in total. The van der Waals surface area contributed by atoms with Crippen molar-refractivity contribution in [3.63, 3.8) is 0 Å². The molecular formula is C20H21N3OS. The Bertz CT molecular complexity index is 939. The van der Waals surface area contributed by atoms with Crippen molar-refractivity contribution in [3.8, 4) is 0 Å². The van der Waals surface area contributed by atoms with E-state index in [0.717, 1.165) is 38.6 Å². The lowest BCUT2D eigenvalue weighted by molar-refractivity contribution is -0.115. The number of benzene rings is 2. The Morgan fingerprint density at radius 3 is 2.44 bits per heavy atom. The summed E-state index contributed by atoms with van der Waals surface area (Å²) >= 11 is 1.44. The summed E-state index contributed by atoms with van der Waals surface area (Å²) in [7, 11) is 0. The maximum atomic E-state index is 12.6. The van der Waals surface area contributed by atoms with E-state index in [9.17, 15) is 4.79 Å². The third kappa shape index (κ3) is 3.99. The second-order valence-corrected chi connectivity index (χ2v) is 7.50. The van der Waals surface area contributed by atoms with Gasteiger partial charge in [0.1, 0.15) is 5.03 Å². The van der Waals surface area contributed by atoms with Crippen molar-refractivity contribution in [2.75, 3.05) is 5.32 Å². The number of hydrogen-bond acceptors (Lipinski definition) is 4. The standard InChI is InChI=1S/C20H21N3OS/c1-12-9-10-13(2)18(11-12)22-19(24)15(4)25-20-14(3)21-16-7-5-6-8-17(16)23-20/h5-11,15H,1-4H3,(H,22,24). The molecule has 25 heavy (non-hydrogen) atoms. The van der Waals surface area contributed by atoms with Crippen LogP contribution in [0.2, 0.25) is 0 Å². The number of para-hydroxylation sites is 2. The minimum absolute atomic E-state index is 0.0342. The average Bonchev–Trinajstić information content (AvgIpc) is 2.58. The van der Waals surface area contributed by atoms with Gasteiger partial charge < -0.3 is 5.32 Å². The minimum Gasteiger partial charge on any atom is -0.325 e. The number of amides is 1. The number of nitrogens with one attached hydrogen (secondary N) is 1. The van der Waals surface area contributed by atoms with Crippen LogP contribution in [0.1, 0.15) is 23.7 Å². The van der Waals surface area contributed by atoms with E-state index in [1.165, 1.54) is 11.8 Å². The Morgan fingerprint density at radius 1 is 1.04 bits per heavy atom. The molecule has 1 atom stereocenters. The van der Waals surface area contributed by atoms with E-state index in [2.05, 4.69) is 15.3 Å². The molecule has 1 heterocycles. The summed E-state index contributed by atoms with van der Waals surface area (Å²) in [6, 6.07) is 13.8. The number of aromatic nitrogens is 2. The predicted molar refractivity (Wildman–Crippen MR) is 104 cm³/mol. The van der Waals surface area contributed by atoms with Gasteiger partial charge in [0.2, 0.25) is 5.91 Å². The van der Waals surface area contributed by atoms with Crippen LogP contribution in [0.5, 0.6) is 0 Å². The van der Waals surface area contributed by atoms with Gasteiger partial charge in [-0.05, 0) is 57.0 Å². The largest absolute Gasteiger partial charge is 0.325 e. The number of rotatable bonds is 4. The molecule has 4 nitrogen and oxygen atoms in total. The third-order valence-electron chi connectivity index (χ3n) is 4.01. The van der Waals surface area contributed by atoms with Crippen LogP contribution in [-0.2, 0) is 4.79 Å². The fourth-order valence-corrected chi connectivity index (χ4v) is 3.38. The Hall–Kier alpha value is -2.40. The van der Waals surface area contributed by atoms with Gasteiger partial charge in [0.05, 0.1) is 22.0 Å². The van der Waals surface area contributed by atoms with E-state index < -0.39 is 0 Å². The number of nitrogens with zero attached hydrogens (tertiary/aromatic N) is 2. The van der Waals surface area contributed by atoms with Crippen LogP contribution < -0.4 is 5.32 Å². The van der Waals surface area contributed by atoms with Crippen LogP contribution in [0.25, 0.3) is 11.0 Å². The third-order valence-corrected chi connectivity index (χ3v) is 5.19. The monoisotopic (exact) mass is 351 g/mol. The van der Waals surface area contributed by atoms with E-state index in [1.54, 1.807) is 0 Å². The van der Waals surface area contributed by atoms with Gasteiger partial charge in [0.15, 0.2) is 0 Å². The molecule has 1 aromatic heterocycles. The summed E-state index contributed by atoms with van der Waals surface area (Å²) in [6.45, 7) is 7.83. The van der Waals surface area contributed by atoms with Crippen molar-refractivity contribution in [1.29, 1.82) is 0 Å². The summed E-state index contributed by atoms with van der Waals surface area (Å²) in [4.78, 5) is 21.8. The van der Waals surface area contributed by atoms with Crippen molar-refractivity contribution in [1.82, 2.24) is 9.97 Å². The average molecular weight is 351 g/mol. The Kier molecular flexibility index (Phi) is 5.04. The highest BCUT2D eigenvalue weighted by Gasteiger charge is 2.18. The van der Waals surface area contributed by atoms with Crippen molar-refractivity contribution in [2.45, 2.75) is 38.0 Å². The SMILES string of the molecule is Cc1ccc(C)c(NC(=O)C(C)Sc2nc3ccccc3nc2C)c1. The zero-order valence-electron chi connectivity index (χ0n) is 14.8. The quantitative estimate of drug-likeness (QED) is 0.694. The zero-order valence-corrected chi connectivity index (χ0v) is 15.6. The maximum Gasteiger partial charge on any atom is 0.237 e. The van der Waals surface area contributed by atoms with Gasteiger partial charge in [-0.25, -0.2) is 9.97 Å². The fraction of sp³-hybridized carbons (Fsp3) is 0.250. The van der Waals surface area contributed by atoms with Gasteiger partial charge >= 0.3 is 0 Å². The zero-order chi connectivity index (χ0) is 18.0. The van der Waals surface area contributed by atoms with Gasteiger partial charge in [0, 0.05) is 5.69 Å². The van der Waals surface area contributed by atoms with Gasteiger partial charge in [0.25, 0.3) is 0 Å². The minimum atomic E-state index is -0.269. The topological polar surface area (TPSA) is 54.9 Å². The first-order valence-electron chi connectivity index (χ1n) is 8.22. The summed E-state index contributed by atoms with van der Waals surface area (Å²) in [6.07, 6.45) is 0. The lowest BCUT2D eigenvalue weighted by Gasteiger charge is -2.14. The molecule has 0 radical (unpaired) electrons. The molecule has 0 fully saturated rings. The van der Waals surface area contributed by atoms with Gasteiger partial charge in [-0.15, -0.1) is 0 Å². The number of carbonyl (C=O) groups excluding carboxylic acids is 1. The first kappa shape index (κ1) is 17.4. The fourth-order valence-electron chi connectivity index (χ4n) is 2.51. The van der Waals surface area contributed by atoms with Gasteiger partial charge in [-0.2, -0.15) is 0 Å². The van der Waals surface area contributed by atoms with Crippen LogP contribution >= 0.6 is 11.8 Å². The lowest BCUT2D eigenvalue weighted by Crippen LogP contribution is -2.23. The Balaban J connectivity index is 1.77. The Labute approximate surface area is 152 Å². The van der Waals surface area contributed by atoms with Crippen molar-refractivity contribution < 1.29 is 4.79 Å². The molecule has 0 bridgehead atoms. The maximum absolute atomic E-state index is 12.6. The van der Waals surface area contributed by atoms with Crippen LogP contribution in [0.3, 0.4) is 0 Å². The number of aryl methyl sites for hydroxylation is 3.